The van der Waals surface area contributed by atoms with Crippen LogP contribution in [0.25, 0.3) is 11.1 Å². The van der Waals surface area contributed by atoms with E-state index in [0.29, 0.717) is 12.0 Å². The molecule has 1 aliphatic heterocycles. The highest BCUT2D eigenvalue weighted by atomic mass is 16.3. The first-order valence-corrected chi connectivity index (χ1v) is 31.2. The Morgan fingerprint density at radius 1 is 0.533 bits per heavy atom. The molecule has 11 amide bonds. The number of hydrogen-bond donors (Lipinski definition) is 18. The minimum Gasteiger partial charge on any atom is -0.391 e. The molecular weight excluding hydrogens is 1160 g/mol. The number of rotatable bonds is 30. The normalized spacial score (nSPS) is 21.9. The van der Waals surface area contributed by atoms with Gasteiger partial charge in [-0.1, -0.05) is 101 Å². The fourth-order valence-corrected chi connectivity index (χ4v) is 9.88. The van der Waals surface area contributed by atoms with E-state index in [-0.39, 0.29) is 90.0 Å². The van der Waals surface area contributed by atoms with Gasteiger partial charge in [-0.15, -0.1) is 0 Å². The fourth-order valence-electron chi connectivity index (χ4n) is 9.88. The molecule has 1 heterocycles. The first-order chi connectivity index (χ1) is 42.9. The van der Waals surface area contributed by atoms with E-state index in [2.05, 4.69) is 65.4 Å². The molecule has 2 aromatic carbocycles. The van der Waals surface area contributed by atoms with Crippen molar-refractivity contribution < 1.29 is 63.0 Å². The van der Waals surface area contributed by atoms with Crippen LogP contribution in [0.1, 0.15) is 124 Å². The van der Waals surface area contributed by atoms with Crippen molar-refractivity contribution in [1.29, 1.82) is 0 Å². The summed E-state index contributed by atoms with van der Waals surface area (Å²) in [6.45, 7) is 6.84. The van der Waals surface area contributed by atoms with Gasteiger partial charge in [0, 0.05) is 19.4 Å². The molecule has 2 aromatic rings. The van der Waals surface area contributed by atoms with Crippen LogP contribution in [0.3, 0.4) is 0 Å². The molecule has 1 saturated heterocycles. The zero-order chi connectivity index (χ0) is 66.9. The molecule has 1 fully saturated rings. The van der Waals surface area contributed by atoms with E-state index in [9.17, 15) is 63.0 Å². The lowest BCUT2D eigenvalue weighted by Gasteiger charge is -2.29. The molecule has 0 bridgehead atoms. The van der Waals surface area contributed by atoms with Gasteiger partial charge in [0.1, 0.15) is 60.4 Å². The Labute approximate surface area is 526 Å². The summed E-state index contributed by atoms with van der Waals surface area (Å²) >= 11 is 0. The molecule has 0 aliphatic carbocycles. The molecule has 90 heavy (non-hydrogen) atoms. The summed E-state index contributed by atoms with van der Waals surface area (Å²) in [6, 6.07) is 1.70. The van der Waals surface area contributed by atoms with Crippen molar-refractivity contribution in [3.63, 3.8) is 0 Å². The van der Waals surface area contributed by atoms with Crippen LogP contribution in [0.4, 0.5) is 0 Å². The molecule has 0 radical (unpaired) electrons. The molecule has 29 heteroatoms. The molecule has 23 N–H and O–H groups in total. The monoisotopic (exact) mass is 1260 g/mol. The topological polar surface area (TPSA) is 491 Å². The first kappa shape index (κ1) is 76.6. The van der Waals surface area contributed by atoms with E-state index in [1.807, 2.05) is 42.5 Å². The maximum atomic E-state index is 14.7. The average molecular weight is 1270 g/mol. The molecule has 0 unspecified atom stereocenters. The standard InChI is InChI=1S/C61H100N16O13/c1-6-7-8-9-13-16-49(80)68-41(21-27-62)56(85)77-51(37(5)79)61(90)73-44(24-30-65)53(82)72-46-26-32-67-60(89)50(36(4)78)76-57(86)45(25-31-66)70-52(81)42(22-28-63)71-58(87)47(33-35(2)3)74-59(88)48(75-54(83)43(23-29-64)69-55(46)84)34-38-17-19-40(20-18-38)39-14-11-10-12-15-39/h10-12,14-15,17-20,35-37,41-48,50-51,78-79H,6-9,13,16,21-34,62-66H2,1-5H3,(H,67,89)(H,68,80)(H,69,84)(H,70,81)(H,71,87)(H,72,82)(H,73,90)(H,74,88)(H,75,83)(H,76,86)(H,77,85)/t36-,37-,41+,42+,43+,44+,45+,46+,47+,48-,50+,51+/m1/s1. The van der Waals surface area contributed by atoms with Crippen molar-refractivity contribution in [2.75, 3.05) is 39.3 Å². The van der Waals surface area contributed by atoms with E-state index >= 15 is 0 Å². The zero-order valence-electron chi connectivity index (χ0n) is 52.6. The van der Waals surface area contributed by atoms with Crippen LogP contribution >= 0.6 is 0 Å². The molecule has 1 aliphatic rings. The summed E-state index contributed by atoms with van der Waals surface area (Å²) in [4.78, 5) is 155. The molecule has 502 valence electrons. The number of nitrogens with one attached hydrogen (secondary N) is 11. The number of unbranched alkanes of at least 4 members (excludes halogenated alkanes) is 4. The van der Waals surface area contributed by atoms with Crippen LogP contribution < -0.4 is 87.2 Å². The third kappa shape index (κ3) is 26.4. The Hall–Kier alpha value is -7.67. The van der Waals surface area contributed by atoms with Crippen LogP contribution in [0.15, 0.2) is 54.6 Å². The lowest BCUT2D eigenvalue weighted by atomic mass is 9.98. The number of aliphatic hydroxyl groups excluding tert-OH is 2. The lowest BCUT2D eigenvalue weighted by Crippen LogP contribution is -2.62. The van der Waals surface area contributed by atoms with Gasteiger partial charge in [0.25, 0.3) is 0 Å². The van der Waals surface area contributed by atoms with Gasteiger partial charge >= 0.3 is 0 Å². The minimum absolute atomic E-state index is 0.0180. The quantitative estimate of drug-likeness (QED) is 0.0333. The number of benzene rings is 2. The second-order valence-corrected chi connectivity index (χ2v) is 23.0. The average Bonchev–Trinajstić information content (AvgIpc) is 1.40. The molecule has 0 aromatic heterocycles. The summed E-state index contributed by atoms with van der Waals surface area (Å²) in [5.41, 5.74) is 31.8. The predicted octanol–water partition coefficient (Wildman–Crippen LogP) is -3.82. The van der Waals surface area contributed by atoms with Gasteiger partial charge in [0.2, 0.25) is 65.0 Å². The summed E-state index contributed by atoms with van der Waals surface area (Å²) in [5.74, 6) is -10.0. The van der Waals surface area contributed by atoms with Crippen LogP contribution in [0.5, 0.6) is 0 Å². The van der Waals surface area contributed by atoms with Crippen LogP contribution in [0, 0.1) is 5.92 Å². The first-order valence-electron chi connectivity index (χ1n) is 31.2. The lowest BCUT2D eigenvalue weighted by molar-refractivity contribution is -0.137. The van der Waals surface area contributed by atoms with E-state index in [0.717, 1.165) is 36.8 Å². The maximum absolute atomic E-state index is 14.7. The van der Waals surface area contributed by atoms with Crippen LogP contribution in [0.2, 0.25) is 0 Å². The maximum Gasteiger partial charge on any atom is 0.245 e. The van der Waals surface area contributed by atoms with Crippen molar-refractivity contribution in [2.24, 2.45) is 34.6 Å². The van der Waals surface area contributed by atoms with Crippen molar-refractivity contribution in [1.82, 2.24) is 58.5 Å². The van der Waals surface area contributed by atoms with Gasteiger partial charge in [-0.05, 0) is 121 Å². The van der Waals surface area contributed by atoms with Crippen molar-refractivity contribution in [3.8, 4) is 11.1 Å². The second-order valence-electron chi connectivity index (χ2n) is 23.0. The number of carbonyl (C=O) groups is 11. The summed E-state index contributed by atoms with van der Waals surface area (Å²) in [7, 11) is 0. The molecular formula is C61H100N16O13. The highest BCUT2D eigenvalue weighted by Crippen LogP contribution is 2.20. The largest absolute Gasteiger partial charge is 0.391 e. The highest BCUT2D eigenvalue weighted by Gasteiger charge is 2.38. The van der Waals surface area contributed by atoms with E-state index in [1.54, 1.807) is 26.0 Å². The molecule has 0 saturated carbocycles. The van der Waals surface area contributed by atoms with E-state index in [4.69, 9.17) is 28.7 Å². The Morgan fingerprint density at radius 3 is 1.54 bits per heavy atom. The summed E-state index contributed by atoms with van der Waals surface area (Å²) in [6.07, 6.45) is -0.0942. The molecule has 12 atom stereocenters. The SMILES string of the molecule is CCCCCCCC(=O)N[C@@H](CCN)C(=O)N[C@H](C(=O)N[C@@H](CCN)C(=O)N[C@H]1CCNC(=O)[C@H]([C@@H](C)O)NC(=O)[C@H](CCN)NC(=O)[C@H](CCN)NC(=O)[C@H](CC(C)C)NC(=O)[C@@H](Cc2ccc(-c3ccccc3)cc2)NC(=O)[C@H](CCN)NC1=O)[C@@H](C)O. The van der Waals surface area contributed by atoms with Crippen LogP contribution in [-0.4, -0.2) is 187 Å². The predicted molar refractivity (Wildman–Crippen MR) is 337 cm³/mol. The Bertz CT molecular complexity index is 2630. The van der Waals surface area contributed by atoms with Gasteiger partial charge in [-0.25, -0.2) is 0 Å². The minimum atomic E-state index is -1.70. The fraction of sp³-hybridized carbons (Fsp3) is 0.623. The number of carbonyl (C=O) groups excluding carboxylic acids is 11. The van der Waals surface area contributed by atoms with Gasteiger partial charge in [0.05, 0.1) is 12.2 Å². The Morgan fingerprint density at radius 2 is 1.02 bits per heavy atom. The molecule has 0 spiro atoms. The van der Waals surface area contributed by atoms with Gasteiger partial charge in [0.15, 0.2) is 0 Å². The van der Waals surface area contributed by atoms with Crippen molar-refractivity contribution in [3.05, 3.63) is 60.2 Å². The number of nitrogens with two attached hydrogens (primary N) is 5. The highest BCUT2D eigenvalue weighted by molar-refractivity contribution is 5.99. The van der Waals surface area contributed by atoms with E-state index < -0.39 is 151 Å². The summed E-state index contributed by atoms with van der Waals surface area (Å²) in [5, 5.41) is 49.9. The summed E-state index contributed by atoms with van der Waals surface area (Å²) < 4.78 is 0. The van der Waals surface area contributed by atoms with Gasteiger partial charge < -0.3 is 97.4 Å². The molecule has 29 nitrogen and oxygen atoms in total. The third-order valence-corrected chi connectivity index (χ3v) is 14.9. The number of hydrogen-bond acceptors (Lipinski definition) is 18. The zero-order valence-corrected chi connectivity index (χ0v) is 52.6. The third-order valence-electron chi connectivity index (χ3n) is 14.9. The Kier molecular flexibility index (Phi) is 34.8. The van der Waals surface area contributed by atoms with E-state index in [1.165, 1.54) is 13.8 Å². The smallest absolute Gasteiger partial charge is 0.245 e. The second kappa shape index (κ2) is 40.9. The van der Waals surface area contributed by atoms with Gasteiger partial charge in [-0.3, -0.25) is 52.7 Å². The van der Waals surface area contributed by atoms with Crippen molar-refractivity contribution in [2.45, 2.75) is 197 Å². The number of amides is 11. The van der Waals surface area contributed by atoms with Crippen molar-refractivity contribution >= 4 is 65.0 Å². The van der Waals surface area contributed by atoms with Gasteiger partial charge in [-0.2, -0.15) is 0 Å². The molecule has 3 rings (SSSR count). The number of aliphatic hydroxyl groups is 2. The van der Waals surface area contributed by atoms with Crippen LogP contribution in [-0.2, 0) is 59.2 Å². The Balaban J connectivity index is 2.13.